The van der Waals surface area contributed by atoms with E-state index in [0.29, 0.717) is 5.88 Å². The molecular formula is C17H22N2O. The normalized spacial score (nSPS) is 16.4. The van der Waals surface area contributed by atoms with E-state index < -0.39 is 0 Å². The Bertz CT molecular complexity index is 582. The molecule has 1 aliphatic carbocycles. The fraction of sp³-hybridized carbons (Fsp3) is 0.471. The predicted molar refractivity (Wildman–Crippen MR) is 81.4 cm³/mol. The first kappa shape index (κ1) is 13.2. The van der Waals surface area contributed by atoms with Crippen LogP contribution >= 0.6 is 0 Å². The van der Waals surface area contributed by atoms with Crippen LogP contribution in [0.15, 0.2) is 28.8 Å². The summed E-state index contributed by atoms with van der Waals surface area (Å²) in [6.07, 6.45) is 7.67. The maximum atomic E-state index is 6.00. The highest BCUT2D eigenvalue weighted by Crippen LogP contribution is 2.34. The molecule has 106 valence electrons. The summed E-state index contributed by atoms with van der Waals surface area (Å²) in [5, 5.41) is 4.22. The van der Waals surface area contributed by atoms with Crippen LogP contribution in [0, 0.1) is 12.8 Å². The van der Waals surface area contributed by atoms with Gasteiger partial charge in [0, 0.05) is 0 Å². The molecule has 0 amide bonds. The van der Waals surface area contributed by atoms with Crippen LogP contribution < -0.4 is 5.73 Å². The van der Waals surface area contributed by atoms with Gasteiger partial charge in [-0.25, -0.2) is 0 Å². The number of hydrogen-bond acceptors (Lipinski definition) is 3. The lowest BCUT2D eigenvalue weighted by molar-refractivity contribution is 0.345. The van der Waals surface area contributed by atoms with Crippen molar-refractivity contribution in [3.63, 3.8) is 0 Å². The van der Waals surface area contributed by atoms with Gasteiger partial charge in [0.1, 0.15) is 0 Å². The fourth-order valence-electron chi connectivity index (χ4n) is 3.25. The molecule has 1 heterocycles. The molecule has 0 spiro atoms. The lowest BCUT2D eigenvalue weighted by Crippen LogP contribution is -2.10. The van der Waals surface area contributed by atoms with Crippen molar-refractivity contribution in [1.29, 1.82) is 0 Å². The average Bonchev–Trinajstić information content (AvgIpc) is 2.81. The van der Waals surface area contributed by atoms with Gasteiger partial charge in [0.2, 0.25) is 5.88 Å². The lowest BCUT2D eigenvalue weighted by Gasteiger charge is -2.20. The maximum Gasteiger partial charge on any atom is 0.230 e. The van der Waals surface area contributed by atoms with Gasteiger partial charge in [0.05, 0.1) is 11.3 Å². The summed E-state index contributed by atoms with van der Waals surface area (Å²) in [6, 6.07) is 8.38. The zero-order valence-corrected chi connectivity index (χ0v) is 12.1. The van der Waals surface area contributed by atoms with Gasteiger partial charge in [-0.3, -0.25) is 0 Å². The van der Waals surface area contributed by atoms with Crippen molar-refractivity contribution in [3.8, 4) is 11.1 Å². The second kappa shape index (κ2) is 5.70. The van der Waals surface area contributed by atoms with Crippen molar-refractivity contribution in [3.05, 3.63) is 35.5 Å². The Balaban J connectivity index is 1.89. The van der Waals surface area contributed by atoms with Gasteiger partial charge in [0.25, 0.3) is 0 Å². The number of anilines is 1. The van der Waals surface area contributed by atoms with E-state index in [2.05, 4.69) is 36.3 Å². The Morgan fingerprint density at radius 2 is 2.05 bits per heavy atom. The molecule has 1 aromatic heterocycles. The van der Waals surface area contributed by atoms with Crippen molar-refractivity contribution < 1.29 is 4.52 Å². The SMILES string of the molecule is Cc1cccc(-c2c(CC3CCCCC3)noc2N)c1. The maximum absolute atomic E-state index is 6.00. The molecule has 0 saturated heterocycles. The highest BCUT2D eigenvalue weighted by Gasteiger charge is 2.21. The van der Waals surface area contributed by atoms with Crippen LogP contribution in [0.3, 0.4) is 0 Å². The summed E-state index contributed by atoms with van der Waals surface area (Å²) in [4.78, 5) is 0. The number of rotatable bonds is 3. The Kier molecular flexibility index (Phi) is 3.77. The molecule has 0 aliphatic heterocycles. The molecule has 1 saturated carbocycles. The minimum absolute atomic E-state index is 0.446. The third-order valence-corrected chi connectivity index (χ3v) is 4.30. The Morgan fingerprint density at radius 1 is 1.25 bits per heavy atom. The van der Waals surface area contributed by atoms with Gasteiger partial charge in [-0.1, -0.05) is 67.1 Å². The highest BCUT2D eigenvalue weighted by atomic mass is 16.5. The van der Waals surface area contributed by atoms with Crippen molar-refractivity contribution in [2.45, 2.75) is 45.4 Å². The monoisotopic (exact) mass is 270 g/mol. The van der Waals surface area contributed by atoms with Crippen LogP contribution in [0.25, 0.3) is 11.1 Å². The van der Waals surface area contributed by atoms with E-state index in [1.54, 1.807) is 0 Å². The van der Waals surface area contributed by atoms with E-state index >= 15 is 0 Å². The lowest BCUT2D eigenvalue weighted by atomic mass is 9.85. The molecule has 0 bridgehead atoms. The number of nitrogens with zero attached hydrogens (tertiary/aromatic N) is 1. The number of aromatic nitrogens is 1. The molecule has 3 nitrogen and oxygen atoms in total. The van der Waals surface area contributed by atoms with E-state index in [9.17, 15) is 0 Å². The van der Waals surface area contributed by atoms with Crippen LogP contribution in [0.5, 0.6) is 0 Å². The number of nitrogen functional groups attached to an aromatic ring is 1. The van der Waals surface area contributed by atoms with E-state index in [4.69, 9.17) is 10.3 Å². The Labute approximate surface area is 120 Å². The Hall–Kier alpha value is -1.77. The van der Waals surface area contributed by atoms with E-state index in [0.717, 1.165) is 29.2 Å². The van der Waals surface area contributed by atoms with Crippen molar-refractivity contribution >= 4 is 5.88 Å². The third-order valence-electron chi connectivity index (χ3n) is 4.30. The molecule has 2 aromatic rings. The fourth-order valence-corrected chi connectivity index (χ4v) is 3.25. The first-order valence-corrected chi connectivity index (χ1v) is 7.55. The topological polar surface area (TPSA) is 52.0 Å². The summed E-state index contributed by atoms with van der Waals surface area (Å²) >= 11 is 0. The van der Waals surface area contributed by atoms with Gasteiger partial charge in [-0.2, -0.15) is 0 Å². The molecule has 1 aliphatic rings. The highest BCUT2D eigenvalue weighted by molar-refractivity contribution is 5.75. The minimum Gasteiger partial charge on any atom is -0.367 e. The van der Waals surface area contributed by atoms with Crippen LogP contribution in [-0.4, -0.2) is 5.16 Å². The zero-order valence-electron chi connectivity index (χ0n) is 12.1. The molecule has 1 fully saturated rings. The van der Waals surface area contributed by atoms with Gasteiger partial charge >= 0.3 is 0 Å². The van der Waals surface area contributed by atoms with Crippen molar-refractivity contribution in [2.24, 2.45) is 5.92 Å². The van der Waals surface area contributed by atoms with Crippen LogP contribution in [0.4, 0.5) is 5.88 Å². The largest absolute Gasteiger partial charge is 0.367 e. The molecule has 3 heteroatoms. The number of aryl methyl sites for hydroxylation is 1. The van der Waals surface area contributed by atoms with Crippen molar-refractivity contribution in [1.82, 2.24) is 5.16 Å². The Morgan fingerprint density at radius 3 is 2.80 bits per heavy atom. The summed E-state index contributed by atoms with van der Waals surface area (Å²) in [6.45, 7) is 2.09. The summed E-state index contributed by atoms with van der Waals surface area (Å²) in [5.74, 6) is 1.18. The van der Waals surface area contributed by atoms with Crippen LogP contribution in [0.2, 0.25) is 0 Å². The van der Waals surface area contributed by atoms with Gasteiger partial charge < -0.3 is 10.3 Å². The molecule has 3 rings (SSSR count). The third kappa shape index (κ3) is 2.72. The van der Waals surface area contributed by atoms with E-state index in [1.807, 2.05) is 0 Å². The number of hydrogen-bond donors (Lipinski definition) is 1. The van der Waals surface area contributed by atoms with Gasteiger partial charge in [-0.15, -0.1) is 0 Å². The molecule has 1 aromatic carbocycles. The first-order chi connectivity index (χ1) is 9.74. The summed E-state index contributed by atoms with van der Waals surface area (Å²) in [7, 11) is 0. The molecule has 0 unspecified atom stereocenters. The molecular weight excluding hydrogens is 248 g/mol. The minimum atomic E-state index is 0.446. The molecule has 2 N–H and O–H groups in total. The van der Waals surface area contributed by atoms with Crippen molar-refractivity contribution in [2.75, 3.05) is 5.73 Å². The second-order valence-corrected chi connectivity index (χ2v) is 5.95. The van der Waals surface area contributed by atoms with Crippen LogP contribution in [0.1, 0.15) is 43.4 Å². The smallest absolute Gasteiger partial charge is 0.230 e. The summed E-state index contributed by atoms with van der Waals surface area (Å²) in [5.41, 5.74) is 10.4. The predicted octanol–water partition coefficient (Wildman–Crippen LogP) is 4.36. The number of benzene rings is 1. The average molecular weight is 270 g/mol. The van der Waals surface area contributed by atoms with E-state index in [-0.39, 0.29) is 0 Å². The van der Waals surface area contributed by atoms with E-state index in [1.165, 1.54) is 37.7 Å². The number of nitrogens with two attached hydrogens (primary N) is 1. The molecule has 0 atom stereocenters. The second-order valence-electron chi connectivity index (χ2n) is 5.95. The summed E-state index contributed by atoms with van der Waals surface area (Å²) < 4.78 is 5.26. The molecule has 20 heavy (non-hydrogen) atoms. The standard InChI is InChI=1S/C17H22N2O/c1-12-6-5-9-14(10-12)16-15(19-20-17(16)18)11-13-7-3-2-4-8-13/h5-6,9-10,13H,2-4,7-8,11,18H2,1H3. The quantitative estimate of drug-likeness (QED) is 0.901. The van der Waals surface area contributed by atoms with Crippen LogP contribution in [-0.2, 0) is 6.42 Å². The zero-order chi connectivity index (χ0) is 13.9. The van der Waals surface area contributed by atoms with Gasteiger partial charge in [0.15, 0.2) is 0 Å². The first-order valence-electron chi connectivity index (χ1n) is 7.55. The van der Waals surface area contributed by atoms with Gasteiger partial charge in [-0.05, 0) is 24.8 Å². The molecule has 0 radical (unpaired) electrons.